The van der Waals surface area contributed by atoms with Gasteiger partial charge >= 0.3 is 5.97 Å². The number of hydrogen-bond donors (Lipinski definition) is 1. The third kappa shape index (κ3) is 2.21. The first-order valence-corrected chi connectivity index (χ1v) is 6.48. The quantitative estimate of drug-likeness (QED) is 0.843. The number of H-pyrrole nitrogens is 1. The third-order valence-electron chi connectivity index (χ3n) is 3.42. The number of benzene rings is 1. The molecule has 2 aromatic rings. The SMILES string of the molecule is COC(=O)c1cccc2[nH]c(C3CCCCO3)nc12. The maximum Gasteiger partial charge on any atom is 0.340 e. The highest BCUT2D eigenvalue weighted by atomic mass is 16.5. The minimum absolute atomic E-state index is 0.00615. The number of imidazole rings is 1. The summed E-state index contributed by atoms with van der Waals surface area (Å²) >= 11 is 0. The van der Waals surface area contributed by atoms with Crippen molar-refractivity contribution in [2.45, 2.75) is 25.4 Å². The zero-order valence-electron chi connectivity index (χ0n) is 10.8. The molecular formula is C14H16N2O3. The van der Waals surface area contributed by atoms with Crippen LogP contribution in [-0.4, -0.2) is 29.7 Å². The Kier molecular flexibility index (Phi) is 3.21. The van der Waals surface area contributed by atoms with E-state index in [0.717, 1.165) is 37.2 Å². The highest BCUT2D eigenvalue weighted by Crippen LogP contribution is 2.28. The number of aromatic nitrogens is 2. The van der Waals surface area contributed by atoms with E-state index in [2.05, 4.69) is 9.97 Å². The lowest BCUT2D eigenvalue weighted by molar-refractivity contribution is 0.0101. The highest BCUT2D eigenvalue weighted by molar-refractivity contribution is 6.01. The number of carbonyl (C=O) groups is 1. The molecule has 19 heavy (non-hydrogen) atoms. The minimum atomic E-state index is -0.367. The number of nitrogens with one attached hydrogen (secondary N) is 1. The van der Waals surface area contributed by atoms with E-state index in [4.69, 9.17) is 9.47 Å². The van der Waals surface area contributed by atoms with Crippen LogP contribution in [0.2, 0.25) is 0 Å². The summed E-state index contributed by atoms with van der Waals surface area (Å²) < 4.78 is 10.5. The van der Waals surface area contributed by atoms with E-state index in [1.165, 1.54) is 7.11 Å². The summed E-state index contributed by atoms with van der Waals surface area (Å²) in [5.41, 5.74) is 1.98. The van der Waals surface area contributed by atoms with E-state index in [9.17, 15) is 4.79 Å². The van der Waals surface area contributed by atoms with Gasteiger partial charge in [-0.25, -0.2) is 9.78 Å². The standard InChI is InChI=1S/C14H16N2O3/c1-18-14(17)9-5-4-6-10-12(9)16-13(15-10)11-7-2-3-8-19-11/h4-6,11H,2-3,7-8H2,1H3,(H,15,16). The van der Waals surface area contributed by atoms with Gasteiger partial charge in [-0.2, -0.15) is 0 Å². The van der Waals surface area contributed by atoms with Gasteiger partial charge in [-0.05, 0) is 31.4 Å². The Balaban J connectivity index is 2.02. The molecule has 0 spiro atoms. The zero-order valence-corrected chi connectivity index (χ0v) is 10.8. The molecule has 1 fully saturated rings. The molecule has 1 N–H and O–H groups in total. The van der Waals surface area contributed by atoms with Crippen LogP contribution in [0.4, 0.5) is 0 Å². The number of hydrogen-bond acceptors (Lipinski definition) is 4. The van der Waals surface area contributed by atoms with Crippen molar-refractivity contribution in [1.29, 1.82) is 0 Å². The van der Waals surface area contributed by atoms with E-state index in [1.54, 1.807) is 6.07 Å². The Labute approximate surface area is 110 Å². The monoisotopic (exact) mass is 260 g/mol. The number of nitrogens with zero attached hydrogens (tertiary/aromatic N) is 1. The number of fused-ring (bicyclic) bond motifs is 1. The predicted octanol–water partition coefficient (Wildman–Crippen LogP) is 2.59. The van der Waals surface area contributed by atoms with Crippen molar-refractivity contribution in [3.63, 3.8) is 0 Å². The van der Waals surface area contributed by atoms with Crippen molar-refractivity contribution in [2.75, 3.05) is 13.7 Å². The predicted molar refractivity (Wildman–Crippen MR) is 70.0 cm³/mol. The largest absolute Gasteiger partial charge is 0.465 e. The van der Waals surface area contributed by atoms with Crippen molar-refractivity contribution in [2.24, 2.45) is 0 Å². The lowest BCUT2D eigenvalue weighted by atomic mass is 10.1. The number of carbonyl (C=O) groups excluding carboxylic acids is 1. The molecule has 1 aromatic heterocycles. The lowest BCUT2D eigenvalue weighted by Gasteiger charge is -2.20. The topological polar surface area (TPSA) is 64.2 Å². The molecule has 2 heterocycles. The van der Waals surface area contributed by atoms with Gasteiger partial charge in [0.2, 0.25) is 0 Å². The van der Waals surface area contributed by atoms with Gasteiger partial charge in [0.05, 0.1) is 18.2 Å². The molecule has 1 aromatic carbocycles. The third-order valence-corrected chi connectivity index (χ3v) is 3.42. The zero-order chi connectivity index (χ0) is 13.2. The number of ether oxygens (including phenoxy) is 2. The van der Waals surface area contributed by atoms with Crippen LogP contribution >= 0.6 is 0 Å². The molecule has 1 unspecified atom stereocenters. The maximum atomic E-state index is 11.7. The van der Waals surface area contributed by atoms with Gasteiger partial charge in [0.1, 0.15) is 17.4 Å². The van der Waals surface area contributed by atoms with Crippen LogP contribution in [0.5, 0.6) is 0 Å². The Bertz CT molecular complexity index is 600. The van der Waals surface area contributed by atoms with Gasteiger partial charge in [0.25, 0.3) is 0 Å². The van der Waals surface area contributed by atoms with Crippen molar-refractivity contribution >= 4 is 17.0 Å². The molecule has 0 amide bonds. The Hall–Kier alpha value is -1.88. The number of rotatable bonds is 2. The highest BCUT2D eigenvalue weighted by Gasteiger charge is 2.21. The van der Waals surface area contributed by atoms with Crippen LogP contribution in [0.3, 0.4) is 0 Å². The summed E-state index contributed by atoms with van der Waals surface area (Å²) in [6, 6.07) is 5.44. The summed E-state index contributed by atoms with van der Waals surface area (Å²) in [6.45, 7) is 0.769. The van der Waals surface area contributed by atoms with Crippen molar-refractivity contribution in [3.05, 3.63) is 29.6 Å². The molecule has 0 bridgehead atoms. The first-order chi connectivity index (χ1) is 9.29. The molecule has 3 rings (SSSR count). The molecule has 0 radical (unpaired) electrons. The Morgan fingerprint density at radius 2 is 2.37 bits per heavy atom. The number of aromatic amines is 1. The van der Waals surface area contributed by atoms with E-state index in [-0.39, 0.29) is 12.1 Å². The average Bonchev–Trinajstić information content (AvgIpc) is 2.91. The molecule has 0 aliphatic carbocycles. The van der Waals surface area contributed by atoms with Gasteiger partial charge in [0, 0.05) is 6.61 Å². The van der Waals surface area contributed by atoms with Gasteiger partial charge in [-0.15, -0.1) is 0 Å². The molecule has 1 aliphatic rings. The fourth-order valence-electron chi connectivity index (χ4n) is 2.43. The number of esters is 1. The summed E-state index contributed by atoms with van der Waals surface area (Å²) in [5.74, 6) is 0.430. The van der Waals surface area contributed by atoms with Crippen LogP contribution in [0, 0.1) is 0 Å². The van der Waals surface area contributed by atoms with Crippen molar-refractivity contribution < 1.29 is 14.3 Å². The van der Waals surface area contributed by atoms with E-state index in [1.807, 2.05) is 12.1 Å². The second-order valence-corrected chi connectivity index (χ2v) is 4.67. The van der Waals surface area contributed by atoms with Gasteiger partial charge in [-0.3, -0.25) is 0 Å². The first kappa shape index (κ1) is 12.2. The number of methoxy groups -OCH3 is 1. The molecule has 100 valence electrons. The van der Waals surface area contributed by atoms with E-state index < -0.39 is 0 Å². The second kappa shape index (κ2) is 5.01. The molecule has 0 saturated carbocycles. The molecule has 5 heteroatoms. The van der Waals surface area contributed by atoms with Gasteiger partial charge in [-0.1, -0.05) is 6.07 Å². The maximum absolute atomic E-state index is 11.7. The fourth-order valence-corrected chi connectivity index (χ4v) is 2.43. The van der Waals surface area contributed by atoms with Crippen LogP contribution in [0.15, 0.2) is 18.2 Å². The molecule has 5 nitrogen and oxygen atoms in total. The number of para-hydroxylation sites is 1. The Morgan fingerprint density at radius 1 is 1.47 bits per heavy atom. The molecular weight excluding hydrogens is 244 g/mol. The van der Waals surface area contributed by atoms with Crippen LogP contribution < -0.4 is 0 Å². The fraction of sp³-hybridized carbons (Fsp3) is 0.429. The normalized spacial score (nSPS) is 19.5. The van der Waals surface area contributed by atoms with E-state index in [0.29, 0.717) is 11.1 Å². The van der Waals surface area contributed by atoms with Crippen molar-refractivity contribution in [1.82, 2.24) is 9.97 Å². The van der Waals surface area contributed by atoms with Crippen LogP contribution in [0.1, 0.15) is 41.5 Å². The van der Waals surface area contributed by atoms with Crippen LogP contribution in [-0.2, 0) is 9.47 Å². The Morgan fingerprint density at radius 3 is 3.11 bits per heavy atom. The minimum Gasteiger partial charge on any atom is -0.465 e. The van der Waals surface area contributed by atoms with Gasteiger partial charge in [0.15, 0.2) is 0 Å². The van der Waals surface area contributed by atoms with Crippen molar-refractivity contribution in [3.8, 4) is 0 Å². The van der Waals surface area contributed by atoms with Crippen LogP contribution in [0.25, 0.3) is 11.0 Å². The summed E-state index contributed by atoms with van der Waals surface area (Å²) in [4.78, 5) is 19.5. The smallest absolute Gasteiger partial charge is 0.340 e. The summed E-state index contributed by atoms with van der Waals surface area (Å²) in [7, 11) is 1.37. The summed E-state index contributed by atoms with van der Waals surface area (Å²) in [6.07, 6.45) is 3.22. The molecule has 1 saturated heterocycles. The molecule has 1 atom stereocenters. The first-order valence-electron chi connectivity index (χ1n) is 6.48. The lowest BCUT2D eigenvalue weighted by Crippen LogP contribution is -2.12. The van der Waals surface area contributed by atoms with Gasteiger partial charge < -0.3 is 14.5 Å². The average molecular weight is 260 g/mol. The van der Waals surface area contributed by atoms with E-state index >= 15 is 0 Å². The second-order valence-electron chi connectivity index (χ2n) is 4.67. The molecule has 1 aliphatic heterocycles. The summed E-state index contributed by atoms with van der Waals surface area (Å²) in [5, 5.41) is 0.